The van der Waals surface area contributed by atoms with Gasteiger partial charge in [-0.3, -0.25) is 0 Å². The lowest BCUT2D eigenvalue weighted by molar-refractivity contribution is 0.157. The Morgan fingerprint density at radius 1 is 1.11 bits per heavy atom. The summed E-state index contributed by atoms with van der Waals surface area (Å²) in [4.78, 5) is 9.77. The Morgan fingerprint density at radius 2 is 1.80 bits per heavy atom. The van der Waals surface area contributed by atoms with Crippen LogP contribution in [0.15, 0.2) is 88.9 Å². The first kappa shape index (κ1) is 25.3. The van der Waals surface area contributed by atoms with Gasteiger partial charge in [-0.2, -0.15) is 0 Å². The van der Waals surface area contributed by atoms with Crippen molar-refractivity contribution in [2.75, 3.05) is 19.6 Å². The van der Waals surface area contributed by atoms with E-state index in [0.29, 0.717) is 5.41 Å². The van der Waals surface area contributed by atoms with E-state index in [2.05, 4.69) is 92.8 Å². The number of rotatable bonds is 7. The van der Waals surface area contributed by atoms with Crippen LogP contribution in [0.1, 0.15) is 70.9 Å². The molecule has 1 spiro atoms. The Hall–Kier alpha value is -2.81. The molecule has 35 heavy (non-hydrogen) atoms. The highest BCUT2D eigenvalue weighted by atomic mass is 15.3. The molecule has 1 fully saturated rings. The van der Waals surface area contributed by atoms with Crippen molar-refractivity contribution in [2.45, 2.75) is 72.6 Å². The van der Waals surface area contributed by atoms with Gasteiger partial charge in [0.15, 0.2) is 5.84 Å². The molecule has 0 N–H and O–H groups in total. The average Bonchev–Trinajstić information content (AvgIpc) is 3.23. The molecule has 0 radical (unpaired) electrons. The number of piperidine rings is 1. The normalized spacial score (nSPS) is 21.0. The highest BCUT2D eigenvalue weighted by Crippen LogP contribution is 2.44. The average molecular weight is 470 g/mol. The number of amidine groups is 1. The molecule has 0 saturated carbocycles. The highest BCUT2D eigenvalue weighted by molar-refractivity contribution is 5.99. The summed E-state index contributed by atoms with van der Waals surface area (Å²) in [7, 11) is 0. The maximum Gasteiger partial charge on any atom is 0.152 e. The number of likely N-dealkylation sites (tertiary alicyclic amines) is 1. The van der Waals surface area contributed by atoms with E-state index in [1.54, 1.807) is 11.1 Å². The van der Waals surface area contributed by atoms with Gasteiger partial charge in [-0.05, 0) is 80.6 Å². The number of unbranched alkanes of at least 4 members (excludes halogenated alkanes) is 2. The largest absolute Gasteiger partial charge is 0.355 e. The van der Waals surface area contributed by atoms with E-state index in [0.717, 1.165) is 37.5 Å². The molecule has 1 aromatic carbocycles. The van der Waals surface area contributed by atoms with Crippen LogP contribution in [0.2, 0.25) is 0 Å². The van der Waals surface area contributed by atoms with Crippen LogP contribution >= 0.6 is 0 Å². The summed E-state index contributed by atoms with van der Waals surface area (Å²) in [5.74, 6) is 1.13. The molecular weight excluding hydrogens is 426 g/mol. The second-order valence-corrected chi connectivity index (χ2v) is 10.6. The van der Waals surface area contributed by atoms with Crippen LogP contribution in [-0.2, 0) is 12.8 Å². The van der Waals surface area contributed by atoms with Gasteiger partial charge in [-0.25, -0.2) is 4.99 Å². The molecule has 2 heterocycles. The number of hydrogen-bond acceptors (Lipinski definition) is 3. The summed E-state index contributed by atoms with van der Waals surface area (Å²) in [6, 6.07) is 9.05. The molecule has 0 aromatic heterocycles. The molecule has 3 nitrogen and oxygen atoms in total. The van der Waals surface area contributed by atoms with Crippen molar-refractivity contribution in [1.82, 2.24) is 9.80 Å². The van der Waals surface area contributed by atoms with Gasteiger partial charge in [-0.15, -0.1) is 0 Å². The van der Waals surface area contributed by atoms with Crippen molar-refractivity contribution in [1.29, 1.82) is 0 Å². The second-order valence-electron chi connectivity index (χ2n) is 10.6. The molecule has 4 rings (SSSR count). The van der Waals surface area contributed by atoms with Gasteiger partial charge >= 0.3 is 0 Å². The van der Waals surface area contributed by atoms with Crippen molar-refractivity contribution >= 4 is 5.84 Å². The fourth-order valence-corrected chi connectivity index (χ4v) is 5.76. The predicted octanol–water partition coefficient (Wildman–Crippen LogP) is 7.60. The SMILES string of the molecule is C=C(C)/C(C)=C(\C=C/CCCC)CN1C=CN=C(N2CCC3(CC2)Cc2ccccc2C3)/C1=C/C. The van der Waals surface area contributed by atoms with Crippen LogP contribution in [0, 0.1) is 5.41 Å². The van der Waals surface area contributed by atoms with E-state index in [4.69, 9.17) is 4.99 Å². The van der Waals surface area contributed by atoms with E-state index in [1.807, 2.05) is 6.20 Å². The predicted molar refractivity (Wildman–Crippen MR) is 150 cm³/mol. The summed E-state index contributed by atoms with van der Waals surface area (Å²) in [6.45, 7) is 15.9. The molecular formula is C32H43N3. The summed E-state index contributed by atoms with van der Waals surface area (Å²) >= 11 is 0. The van der Waals surface area contributed by atoms with Gasteiger partial charge in [0.2, 0.25) is 0 Å². The Labute approximate surface area is 213 Å². The molecule has 1 aromatic rings. The van der Waals surface area contributed by atoms with Crippen LogP contribution in [0.4, 0.5) is 0 Å². The zero-order chi connectivity index (χ0) is 24.8. The summed E-state index contributed by atoms with van der Waals surface area (Å²) < 4.78 is 0. The van der Waals surface area contributed by atoms with Crippen LogP contribution in [0.3, 0.4) is 0 Å². The maximum atomic E-state index is 4.88. The zero-order valence-corrected chi connectivity index (χ0v) is 22.3. The minimum atomic E-state index is 0.443. The van der Waals surface area contributed by atoms with Gasteiger partial charge < -0.3 is 9.80 Å². The van der Waals surface area contributed by atoms with Crippen molar-refractivity contribution in [3.05, 3.63) is 95.0 Å². The first-order chi connectivity index (χ1) is 17.0. The standard InChI is InChI=1S/C32H43N3/c1-6-8-9-10-15-29(26(5)25(3)4)24-35-21-18-33-31(30(35)7-2)34-19-16-32(17-20-34)22-27-13-11-12-14-28(27)23-32/h7,10-15,18,21H,3,6,8-9,16-17,19-20,22-24H2,1-2,4-5H3/b15-10-,29-26+,30-7-. The summed E-state index contributed by atoms with van der Waals surface area (Å²) in [5, 5.41) is 0. The number of benzene rings is 1. The molecule has 3 aliphatic rings. The van der Waals surface area contributed by atoms with Gasteiger partial charge in [0, 0.05) is 32.0 Å². The fourth-order valence-electron chi connectivity index (χ4n) is 5.76. The maximum absolute atomic E-state index is 4.88. The van der Waals surface area contributed by atoms with E-state index in [1.165, 1.54) is 55.4 Å². The molecule has 0 bridgehead atoms. The quantitative estimate of drug-likeness (QED) is 0.302. The fraction of sp³-hybridized carbons (Fsp3) is 0.469. The van der Waals surface area contributed by atoms with Crippen LogP contribution in [-0.4, -0.2) is 35.3 Å². The van der Waals surface area contributed by atoms with Gasteiger partial charge in [0.1, 0.15) is 0 Å². The lowest BCUT2D eigenvalue weighted by atomic mass is 9.76. The summed E-state index contributed by atoms with van der Waals surface area (Å²) in [5.41, 5.74) is 8.55. The van der Waals surface area contributed by atoms with Crippen molar-refractivity contribution in [3.8, 4) is 0 Å². The smallest absolute Gasteiger partial charge is 0.152 e. The molecule has 1 aliphatic carbocycles. The van der Waals surface area contributed by atoms with Crippen molar-refractivity contribution in [3.63, 3.8) is 0 Å². The van der Waals surface area contributed by atoms with E-state index in [9.17, 15) is 0 Å². The lowest BCUT2D eigenvalue weighted by Gasteiger charge is -2.42. The number of fused-ring (bicyclic) bond motifs is 1. The first-order valence-corrected chi connectivity index (χ1v) is 13.5. The third-order valence-corrected chi connectivity index (χ3v) is 8.13. The van der Waals surface area contributed by atoms with E-state index >= 15 is 0 Å². The number of nitrogens with zero attached hydrogens (tertiary/aromatic N) is 3. The topological polar surface area (TPSA) is 18.8 Å². The third-order valence-electron chi connectivity index (χ3n) is 8.13. The Bertz CT molecular complexity index is 1050. The highest BCUT2D eigenvalue weighted by Gasteiger charge is 2.40. The zero-order valence-electron chi connectivity index (χ0n) is 22.3. The Balaban J connectivity index is 1.45. The number of allylic oxidation sites excluding steroid dienone is 4. The molecule has 0 unspecified atom stereocenters. The second kappa shape index (κ2) is 11.3. The molecule has 3 heteroatoms. The van der Waals surface area contributed by atoms with Crippen molar-refractivity contribution < 1.29 is 0 Å². The third kappa shape index (κ3) is 5.72. The monoisotopic (exact) mass is 469 g/mol. The van der Waals surface area contributed by atoms with Gasteiger partial charge in [-0.1, -0.05) is 74.4 Å². The number of aliphatic imine (C=N–C) groups is 1. The van der Waals surface area contributed by atoms with E-state index < -0.39 is 0 Å². The van der Waals surface area contributed by atoms with Gasteiger partial charge in [0.05, 0.1) is 5.70 Å². The summed E-state index contributed by atoms with van der Waals surface area (Å²) in [6.07, 6.45) is 19.5. The molecule has 0 amide bonds. The van der Waals surface area contributed by atoms with Crippen LogP contribution in [0.5, 0.6) is 0 Å². The minimum Gasteiger partial charge on any atom is -0.355 e. The van der Waals surface area contributed by atoms with Crippen LogP contribution < -0.4 is 0 Å². The van der Waals surface area contributed by atoms with Crippen molar-refractivity contribution in [2.24, 2.45) is 10.4 Å². The molecule has 1 saturated heterocycles. The van der Waals surface area contributed by atoms with E-state index in [-0.39, 0.29) is 0 Å². The molecule has 186 valence electrons. The lowest BCUT2D eigenvalue weighted by Crippen LogP contribution is -2.46. The minimum absolute atomic E-state index is 0.443. The number of hydrogen-bond donors (Lipinski definition) is 0. The molecule has 2 aliphatic heterocycles. The van der Waals surface area contributed by atoms with Gasteiger partial charge in [0.25, 0.3) is 0 Å². The molecule has 0 atom stereocenters. The Morgan fingerprint density at radius 3 is 2.40 bits per heavy atom. The first-order valence-electron chi connectivity index (χ1n) is 13.5. The van der Waals surface area contributed by atoms with Crippen LogP contribution in [0.25, 0.3) is 0 Å². The Kier molecular flexibility index (Phi) is 8.15.